The number of aromatic hydroxyl groups is 1. The summed E-state index contributed by atoms with van der Waals surface area (Å²) in [5, 5.41) is 10.1. The van der Waals surface area contributed by atoms with Crippen LogP contribution in [0.2, 0.25) is 0 Å². The second-order valence-electron chi connectivity index (χ2n) is 6.82. The first-order valence-corrected chi connectivity index (χ1v) is 7.07. The molecule has 0 heterocycles. The SMILES string of the molecule is Cc1cc(O)c(C2(C)CC2)cc1C1(CC(F)(F)F)CC1. The predicted molar refractivity (Wildman–Crippen MR) is 71.0 cm³/mol. The highest BCUT2D eigenvalue weighted by Gasteiger charge is 2.53. The lowest BCUT2D eigenvalue weighted by molar-refractivity contribution is -0.141. The zero-order chi connectivity index (χ0) is 14.8. The number of hydrogen-bond acceptors (Lipinski definition) is 1. The maximum atomic E-state index is 12.8. The van der Waals surface area contributed by atoms with Crippen LogP contribution in [-0.2, 0) is 10.8 Å². The highest BCUT2D eigenvalue weighted by atomic mass is 19.4. The van der Waals surface area contributed by atoms with Gasteiger partial charge in [-0.15, -0.1) is 0 Å². The quantitative estimate of drug-likeness (QED) is 0.850. The van der Waals surface area contributed by atoms with E-state index in [9.17, 15) is 18.3 Å². The summed E-state index contributed by atoms with van der Waals surface area (Å²) >= 11 is 0. The lowest BCUT2D eigenvalue weighted by atomic mass is 9.84. The summed E-state index contributed by atoms with van der Waals surface area (Å²) in [7, 11) is 0. The number of benzene rings is 1. The molecule has 2 fully saturated rings. The number of aryl methyl sites for hydroxylation is 1. The van der Waals surface area contributed by atoms with Gasteiger partial charge in [0.15, 0.2) is 0 Å². The molecule has 0 unspecified atom stereocenters. The van der Waals surface area contributed by atoms with E-state index in [0.29, 0.717) is 12.8 Å². The third-order valence-corrected chi connectivity index (χ3v) is 4.96. The van der Waals surface area contributed by atoms with Crippen molar-refractivity contribution in [2.45, 2.75) is 63.0 Å². The molecule has 0 amide bonds. The normalized spacial score (nSPS) is 22.6. The molecule has 0 spiro atoms. The maximum absolute atomic E-state index is 12.8. The average molecular weight is 284 g/mol. The van der Waals surface area contributed by atoms with Gasteiger partial charge in [0.05, 0.1) is 6.42 Å². The molecule has 2 aliphatic carbocycles. The van der Waals surface area contributed by atoms with E-state index >= 15 is 0 Å². The van der Waals surface area contributed by atoms with E-state index in [1.165, 1.54) is 0 Å². The molecule has 0 bridgehead atoms. The molecular weight excluding hydrogens is 265 g/mol. The molecule has 0 aliphatic heterocycles. The molecule has 3 rings (SSSR count). The van der Waals surface area contributed by atoms with Crippen molar-refractivity contribution in [1.29, 1.82) is 0 Å². The van der Waals surface area contributed by atoms with E-state index < -0.39 is 18.0 Å². The number of alkyl halides is 3. The zero-order valence-electron chi connectivity index (χ0n) is 11.8. The van der Waals surface area contributed by atoms with E-state index in [1.807, 2.05) is 6.07 Å². The maximum Gasteiger partial charge on any atom is 0.389 e. The van der Waals surface area contributed by atoms with E-state index in [0.717, 1.165) is 29.5 Å². The van der Waals surface area contributed by atoms with Crippen molar-refractivity contribution in [3.63, 3.8) is 0 Å². The minimum absolute atomic E-state index is 0.0408. The number of phenols is 1. The molecule has 1 aromatic rings. The Morgan fingerprint density at radius 1 is 1.10 bits per heavy atom. The molecule has 0 aromatic heterocycles. The first-order valence-electron chi connectivity index (χ1n) is 7.07. The van der Waals surface area contributed by atoms with Gasteiger partial charge in [0, 0.05) is 11.0 Å². The molecule has 2 saturated carbocycles. The molecule has 1 N–H and O–H groups in total. The molecule has 20 heavy (non-hydrogen) atoms. The van der Waals surface area contributed by atoms with Crippen molar-refractivity contribution in [3.05, 3.63) is 28.8 Å². The smallest absolute Gasteiger partial charge is 0.389 e. The van der Waals surface area contributed by atoms with Crippen molar-refractivity contribution < 1.29 is 18.3 Å². The molecule has 0 saturated heterocycles. The van der Waals surface area contributed by atoms with Crippen LogP contribution in [-0.4, -0.2) is 11.3 Å². The van der Waals surface area contributed by atoms with Gasteiger partial charge in [0.1, 0.15) is 5.75 Å². The number of halogens is 3. The van der Waals surface area contributed by atoms with Crippen LogP contribution < -0.4 is 0 Å². The molecule has 110 valence electrons. The van der Waals surface area contributed by atoms with Gasteiger partial charge >= 0.3 is 6.18 Å². The molecule has 2 aliphatic rings. The van der Waals surface area contributed by atoms with Gasteiger partial charge in [0.25, 0.3) is 0 Å². The standard InChI is InChI=1S/C16H19F3O/c1-10-7-13(20)12(14(2)3-4-14)8-11(10)15(5-6-15)9-16(17,18)19/h7-8,20H,3-6,9H2,1-2H3. The summed E-state index contributed by atoms with van der Waals surface area (Å²) in [5.74, 6) is 0.231. The van der Waals surface area contributed by atoms with Crippen molar-refractivity contribution in [1.82, 2.24) is 0 Å². The van der Waals surface area contributed by atoms with E-state index in [4.69, 9.17) is 0 Å². The largest absolute Gasteiger partial charge is 0.508 e. The molecular formula is C16H19F3O. The Kier molecular flexibility index (Phi) is 2.70. The fourth-order valence-corrected chi connectivity index (χ4v) is 3.28. The monoisotopic (exact) mass is 284 g/mol. The van der Waals surface area contributed by atoms with Gasteiger partial charge in [-0.1, -0.05) is 13.0 Å². The zero-order valence-corrected chi connectivity index (χ0v) is 11.8. The topological polar surface area (TPSA) is 20.2 Å². The van der Waals surface area contributed by atoms with Crippen LogP contribution in [0.15, 0.2) is 12.1 Å². The molecule has 1 nitrogen and oxygen atoms in total. The first kappa shape index (κ1) is 13.8. The van der Waals surface area contributed by atoms with Gasteiger partial charge in [-0.2, -0.15) is 13.2 Å². The molecule has 4 heteroatoms. The summed E-state index contributed by atoms with van der Waals surface area (Å²) in [6, 6.07) is 3.49. The molecule has 1 aromatic carbocycles. The van der Waals surface area contributed by atoms with Crippen LogP contribution in [0, 0.1) is 6.92 Å². The van der Waals surface area contributed by atoms with Crippen molar-refractivity contribution >= 4 is 0 Å². The van der Waals surface area contributed by atoms with Crippen LogP contribution in [0.1, 0.15) is 55.7 Å². The average Bonchev–Trinajstić information content (AvgIpc) is 3.17. The Balaban J connectivity index is 2.02. The third kappa shape index (κ3) is 2.29. The Labute approximate surface area is 116 Å². The highest BCUT2D eigenvalue weighted by molar-refractivity contribution is 5.51. The van der Waals surface area contributed by atoms with E-state index in [1.54, 1.807) is 13.0 Å². The Morgan fingerprint density at radius 3 is 2.15 bits per heavy atom. The lowest BCUT2D eigenvalue weighted by Gasteiger charge is -2.23. The molecule has 0 atom stereocenters. The lowest BCUT2D eigenvalue weighted by Crippen LogP contribution is -2.21. The summed E-state index contributed by atoms with van der Waals surface area (Å²) in [5.41, 5.74) is 1.61. The van der Waals surface area contributed by atoms with Crippen molar-refractivity contribution in [2.75, 3.05) is 0 Å². The first-order chi connectivity index (χ1) is 9.15. The highest BCUT2D eigenvalue weighted by Crippen LogP contribution is 2.58. The van der Waals surface area contributed by atoms with Crippen LogP contribution in [0.3, 0.4) is 0 Å². The second-order valence-corrected chi connectivity index (χ2v) is 6.82. The van der Waals surface area contributed by atoms with Gasteiger partial charge < -0.3 is 5.11 Å². The summed E-state index contributed by atoms with van der Waals surface area (Å²) in [4.78, 5) is 0. The van der Waals surface area contributed by atoms with Crippen LogP contribution in [0.4, 0.5) is 13.2 Å². The summed E-state index contributed by atoms with van der Waals surface area (Å²) in [6.45, 7) is 3.86. The number of rotatable bonds is 3. The Hall–Kier alpha value is -1.19. The van der Waals surface area contributed by atoms with Crippen LogP contribution in [0.5, 0.6) is 5.75 Å². The minimum atomic E-state index is -4.13. The van der Waals surface area contributed by atoms with Gasteiger partial charge in [-0.3, -0.25) is 0 Å². The Bertz CT molecular complexity index is 552. The summed E-state index contributed by atoms with van der Waals surface area (Å²) in [6.07, 6.45) is -1.71. The Morgan fingerprint density at radius 2 is 1.70 bits per heavy atom. The van der Waals surface area contributed by atoms with Crippen molar-refractivity contribution in [2.24, 2.45) is 0 Å². The van der Waals surface area contributed by atoms with Crippen LogP contribution in [0.25, 0.3) is 0 Å². The number of hydrogen-bond donors (Lipinski definition) is 1. The van der Waals surface area contributed by atoms with E-state index in [-0.39, 0.29) is 11.2 Å². The van der Waals surface area contributed by atoms with Crippen molar-refractivity contribution in [3.8, 4) is 5.75 Å². The van der Waals surface area contributed by atoms with Gasteiger partial charge in [-0.05, 0) is 55.2 Å². The molecule has 0 radical (unpaired) electrons. The van der Waals surface area contributed by atoms with Gasteiger partial charge in [-0.25, -0.2) is 0 Å². The predicted octanol–water partition coefficient (Wildman–Crippen LogP) is 4.74. The third-order valence-electron chi connectivity index (χ3n) is 4.96. The van der Waals surface area contributed by atoms with E-state index in [2.05, 4.69) is 6.92 Å². The second kappa shape index (κ2) is 3.92. The summed E-state index contributed by atoms with van der Waals surface area (Å²) < 4.78 is 38.4. The fourth-order valence-electron chi connectivity index (χ4n) is 3.28. The van der Waals surface area contributed by atoms with Gasteiger partial charge in [0.2, 0.25) is 0 Å². The minimum Gasteiger partial charge on any atom is -0.508 e. The van der Waals surface area contributed by atoms with Crippen LogP contribution >= 0.6 is 0 Å². The fraction of sp³-hybridized carbons (Fsp3) is 0.625. The number of phenolic OH excluding ortho intramolecular Hbond substituents is 1.